The fourth-order valence-electron chi connectivity index (χ4n) is 3.58. The lowest BCUT2D eigenvalue weighted by molar-refractivity contribution is -0.118. The lowest BCUT2D eigenvalue weighted by Gasteiger charge is -2.16. The molecule has 0 atom stereocenters. The van der Waals surface area contributed by atoms with E-state index in [9.17, 15) is 13.2 Å². The molecule has 1 aliphatic rings. The van der Waals surface area contributed by atoms with Gasteiger partial charge in [-0.3, -0.25) is 4.79 Å². The Hall–Kier alpha value is -3.16. The number of sulfonamides is 1. The summed E-state index contributed by atoms with van der Waals surface area (Å²) in [4.78, 5) is 12.6. The Kier molecular flexibility index (Phi) is 6.34. The largest absolute Gasteiger partial charge is 0.483 e. The minimum Gasteiger partial charge on any atom is -0.483 e. The number of anilines is 1. The van der Waals surface area contributed by atoms with Gasteiger partial charge >= 0.3 is 0 Å². The van der Waals surface area contributed by atoms with E-state index in [4.69, 9.17) is 4.74 Å². The van der Waals surface area contributed by atoms with E-state index in [1.165, 1.54) is 16.4 Å². The first kappa shape index (κ1) is 21.1. The Morgan fingerprint density at radius 1 is 0.871 bits per heavy atom. The van der Waals surface area contributed by atoms with Gasteiger partial charge in [-0.15, -0.1) is 0 Å². The van der Waals surface area contributed by atoms with Gasteiger partial charge in [-0.1, -0.05) is 48.5 Å². The van der Waals surface area contributed by atoms with Crippen LogP contribution in [0.25, 0.3) is 11.1 Å². The Labute approximate surface area is 182 Å². The van der Waals surface area contributed by atoms with Gasteiger partial charge in [0.1, 0.15) is 5.75 Å². The molecule has 31 heavy (non-hydrogen) atoms. The van der Waals surface area contributed by atoms with E-state index in [0.29, 0.717) is 24.5 Å². The summed E-state index contributed by atoms with van der Waals surface area (Å²) in [7, 11) is -3.47. The second-order valence-electron chi connectivity index (χ2n) is 7.33. The zero-order chi connectivity index (χ0) is 21.7. The number of rotatable bonds is 7. The molecular weight excluding hydrogens is 412 g/mol. The maximum Gasteiger partial charge on any atom is 0.262 e. The summed E-state index contributed by atoms with van der Waals surface area (Å²) in [6.45, 7) is 0.961. The highest BCUT2D eigenvalue weighted by molar-refractivity contribution is 7.89. The molecular formula is C24H24N2O4S. The number of ether oxygens (including phenoxy) is 1. The quantitative estimate of drug-likeness (QED) is 0.604. The number of amides is 1. The maximum atomic E-state index is 12.6. The zero-order valence-electron chi connectivity index (χ0n) is 17.0. The smallest absolute Gasteiger partial charge is 0.262 e. The molecule has 3 aromatic carbocycles. The molecule has 0 spiro atoms. The SMILES string of the molecule is O=C(COc1ccccc1-c1ccccc1)Nc1ccc(S(=O)(=O)N2CCCC2)cc1. The summed E-state index contributed by atoms with van der Waals surface area (Å²) in [6, 6.07) is 23.6. The molecule has 0 unspecified atom stereocenters. The van der Waals surface area contributed by atoms with Crippen molar-refractivity contribution in [3.63, 3.8) is 0 Å². The Bertz CT molecular complexity index is 1140. The van der Waals surface area contributed by atoms with Crippen molar-refractivity contribution in [3.05, 3.63) is 78.9 Å². The molecule has 1 heterocycles. The van der Waals surface area contributed by atoms with Gasteiger partial charge in [0.15, 0.2) is 6.61 Å². The van der Waals surface area contributed by atoms with Gasteiger partial charge in [-0.2, -0.15) is 4.31 Å². The van der Waals surface area contributed by atoms with Crippen LogP contribution in [0.5, 0.6) is 5.75 Å². The monoisotopic (exact) mass is 436 g/mol. The second kappa shape index (κ2) is 9.32. The van der Waals surface area contributed by atoms with Crippen LogP contribution in [-0.2, 0) is 14.8 Å². The lowest BCUT2D eigenvalue weighted by Crippen LogP contribution is -2.27. The number of carbonyl (C=O) groups is 1. The predicted octanol–water partition coefficient (Wildman–Crippen LogP) is 4.16. The van der Waals surface area contributed by atoms with Crippen LogP contribution in [0.3, 0.4) is 0 Å². The molecule has 0 aromatic heterocycles. The molecule has 0 aliphatic carbocycles. The van der Waals surface area contributed by atoms with Crippen molar-refractivity contribution in [3.8, 4) is 16.9 Å². The van der Waals surface area contributed by atoms with Crippen LogP contribution in [0.4, 0.5) is 5.69 Å². The molecule has 3 aromatic rings. The van der Waals surface area contributed by atoms with Crippen LogP contribution < -0.4 is 10.1 Å². The third-order valence-electron chi connectivity index (χ3n) is 5.17. The number of nitrogens with one attached hydrogen (secondary N) is 1. The van der Waals surface area contributed by atoms with Crippen LogP contribution in [0.15, 0.2) is 83.8 Å². The van der Waals surface area contributed by atoms with E-state index >= 15 is 0 Å². The fourth-order valence-corrected chi connectivity index (χ4v) is 5.09. The van der Waals surface area contributed by atoms with Gasteiger partial charge in [0.2, 0.25) is 10.0 Å². The Morgan fingerprint density at radius 3 is 2.23 bits per heavy atom. The van der Waals surface area contributed by atoms with Gasteiger partial charge < -0.3 is 10.1 Å². The molecule has 1 N–H and O–H groups in total. The molecule has 7 heteroatoms. The molecule has 4 rings (SSSR count). The van der Waals surface area contributed by atoms with Gasteiger partial charge in [0.25, 0.3) is 5.91 Å². The highest BCUT2D eigenvalue weighted by Gasteiger charge is 2.26. The molecule has 1 amide bonds. The summed E-state index contributed by atoms with van der Waals surface area (Å²) in [5.74, 6) is 0.300. The van der Waals surface area contributed by atoms with Crippen molar-refractivity contribution in [1.29, 1.82) is 0 Å². The number of para-hydroxylation sites is 1. The number of hydrogen-bond acceptors (Lipinski definition) is 4. The highest BCUT2D eigenvalue weighted by atomic mass is 32.2. The van der Waals surface area contributed by atoms with Crippen molar-refractivity contribution >= 4 is 21.6 Å². The molecule has 1 saturated heterocycles. The second-order valence-corrected chi connectivity index (χ2v) is 9.27. The van der Waals surface area contributed by atoms with Gasteiger partial charge in [0.05, 0.1) is 4.90 Å². The van der Waals surface area contributed by atoms with E-state index in [2.05, 4.69) is 5.32 Å². The van der Waals surface area contributed by atoms with Crippen molar-refractivity contribution in [2.45, 2.75) is 17.7 Å². The van der Waals surface area contributed by atoms with Crippen LogP contribution >= 0.6 is 0 Å². The summed E-state index contributed by atoms with van der Waals surface area (Å²) in [5, 5.41) is 2.75. The summed E-state index contributed by atoms with van der Waals surface area (Å²) >= 11 is 0. The molecule has 0 bridgehead atoms. The minimum atomic E-state index is -3.47. The highest BCUT2D eigenvalue weighted by Crippen LogP contribution is 2.29. The van der Waals surface area contributed by atoms with Crippen LogP contribution in [0, 0.1) is 0 Å². The molecule has 1 aliphatic heterocycles. The average molecular weight is 437 g/mol. The Morgan fingerprint density at radius 2 is 1.52 bits per heavy atom. The summed E-state index contributed by atoms with van der Waals surface area (Å²) in [5.41, 5.74) is 2.44. The first-order valence-corrected chi connectivity index (χ1v) is 11.7. The van der Waals surface area contributed by atoms with Crippen LogP contribution in [-0.4, -0.2) is 38.3 Å². The first-order chi connectivity index (χ1) is 15.0. The van der Waals surface area contributed by atoms with Crippen molar-refractivity contribution in [2.75, 3.05) is 25.0 Å². The topological polar surface area (TPSA) is 75.7 Å². The third kappa shape index (κ3) is 4.95. The van der Waals surface area contributed by atoms with Gasteiger partial charge in [-0.25, -0.2) is 8.42 Å². The molecule has 0 saturated carbocycles. The number of carbonyl (C=O) groups excluding carboxylic acids is 1. The standard InChI is InChI=1S/C24H24N2O4S/c27-24(18-30-23-11-5-4-10-22(23)19-8-2-1-3-9-19)25-20-12-14-21(15-13-20)31(28,29)26-16-6-7-17-26/h1-5,8-15H,6-7,16-18H2,(H,25,27). The number of hydrogen-bond donors (Lipinski definition) is 1. The molecule has 0 radical (unpaired) electrons. The van der Waals surface area contributed by atoms with E-state index in [-0.39, 0.29) is 17.4 Å². The van der Waals surface area contributed by atoms with Gasteiger partial charge in [0, 0.05) is 24.3 Å². The predicted molar refractivity (Wildman–Crippen MR) is 120 cm³/mol. The van der Waals surface area contributed by atoms with E-state index < -0.39 is 10.0 Å². The van der Waals surface area contributed by atoms with E-state index in [0.717, 1.165) is 24.0 Å². The normalized spacial score (nSPS) is 14.3. The lowest BCUT2D eigenvalue weighted by atomic mass is 10.1. The van der Waals surface area contributed by atoms with Crippen molar-refractivity contribution < 1.29 is 17.9 Å². The maximum absolute atomic E-state index is 12.6. The number of benzene rings is 3. The Balaban J connectivity index is 1.38. The summed E-state index contributed by atoms with van der Waals surface area (Å²) in [6.07, 6.45) is 1.78. The van der Waals surface area contributed by atoms with Crippen molar-refractivity contribution in [2.24, 2.45) is 0 Å². The third-order valence-corrected chi connectivity index (χ3v) is 7.08. The molecule has 1 fully saturated rings. The van der Waals surface area contributed by atoms with E-state index in [1.807, 2.05) is 54.6 Å². The van der Waals surface area contributed by atoms with E-state index in [1.54, 1.807) is 12.1 Å². The molecule has 6 nitrogen and oxygen atoms in total. The fraction of sp³-hybridized carbons (Fsp3) is 0.208. The minimum absolute atomic E-state index is 0.155. The molecule has 160 valence electrons. The summed E-state index contributed by atoms with van der Waals surface area (Å²) < 4.78 is 32.4. The number of nitrogens with zero attached hydrogens (tertiary/aromatic N) is 1. The van der Waals surface area contributed by atoms with Crippen LogP contribution in [0.2, 0.25) is 0 Å². The average Bonchev–Trinajstić information content (AvgIpc) is 3.35. The van der Waals surface area contributed by atoms with Crippen molar-refractivity contribution in [1.82, 2.24) is 4.31 Å². The first-order valence-electron chi connectivity index (χ1n) is 10.2. The zero-order valence-corrected chi connectivity index (χ0v) is 17.8. The van der Waals surface area contributed by atoms with Gasteiger partial charge in [-0.05, 0) is 48.7 Å². The van der Waals surface area contributed by atoms with Crippen LogP contribution in [0.1, 0.15) is 12.8 Å².